The Hall–Kier alpha value is -0.530. The second kappa shape index (κ2) is 3.50. The minimum absolute atomic E-state index is 0.716. The molecule has 0 aromatic rings. The SMILES string of the molecule is CC(C)(O)CC(F)(F)C(F)(F)C(F)(F)F. The number of hydrogen-bond donors (Lipinski definition) is 1. The highest BCUT2D eigenvalue weighted by atomic mass is 19.4. The summed E-state index contributed by atoms with van der Waals surface area (Å²) >= 11 is 0. The molecule has 0 rings (SSSR count). The first-order chi connectivity index (χ1) is 6.21. The summed E-state index contributed by atoms with van der Waals surface area (Å²) in [5.41, 5.74) is -2.32. The Balaban J connectivity index is 5.03. The van der Waals surface area contributed by atoms with Gasteiger partial charge >= 0.3 is 18.0 Å². The van der Waals surface area contributed by atoms with Gasteiger partial charge in [0.2, 0.25) is 0 Å². The standard InChI is InChI=1S/C7H9F7O/c1-4(2,15)3-5(8,9)6(10,11)7(12,13)14/h15H,3H2,1-2H3. The fourth-order valence-electron chi connectivity index (χ4n) is 0.862. The van der Waals surface area contributed by atoms with Crippen molar-refractivity contribution in [3.63, 3.8) is 0 Å². The van der Waals surface area contributed by atoms with Crippen molar-refractivity contribution in [3.05, 3.63) is 0 Å². The lowest BCUT2D eigenvalue weighted by atomic mass is 9.96. The minimum Gasteiger partial charge on any atom is -0.390 e. The summed E-state index contributed by atoms with van der Waals surface area (Å²) in [6.07, 6.45) is -8.33. The number of rotatable bonds is 3. The molecule has 0 atom stereocenters. The van der Waals surface area contributed by atoms with E-state index in [4.69, 9.17) is 5.11 Å². The first-order valence-corrected chi connectivity index (χ1v) is 3.75. The molecule has 15 heavy (non-hydrogen) atoms. The average molecular weight is 242 g/mol. The maximum Gasteiger partial charge on any atom is 0.459 e. The highest BCUT2D eigenvalue weighted by Gasteiger charge is 2.73. The molecule has 0 amide bonds. The molecule has 1 N–H and O–H groups in total. The fourth-order valence-corrected chi connectivity index (χ4v) is 0.862. The van der Waals surface area contributed by atoms with E-state index in [1.807, 2.05) is 0 Å². The van der Waals surface area contributed by atoms with Gasteiger partial charge in [-0.15, -0.1) is 0 Å². The van der Waals surface area contributed by atoms with Gasteiger partial charge < -0.3 is 5.11 Å². The molecule has 0 fully saturated rings. The maximum absolute atomic E-state index is 12.6. The van der Waals surface area contributed by atoms with Crippen LogP contribution < -0.4 is 0 Å². The van der Waals surface area contributed by atoms with Crippen molar-refractivity contribution in [2.24, 2.45) is 0 Å². The largest absolute Gasteiger partial charge is 0.459 e. The summed E-state index contributed by atoms with van der Waals surface area (Å²) in [5.74, 6) is -11.5. The summed E-state index contributed by atoms with van der Waals surface area (Å²) in [4.78, 5) is 0. The number of hydrogen-bond acceptors (Lipinski definition) is 1. The Morgan fingerprint density at radius 2 is 1.20 bits per heavy atom. The summed E-state index contributed by atoms with van der Waals surface area (Å²) in [5, 5.41) is 8.80. The molecule has 0 spiro atoms. The zero-order valence-corrected chi connectivity index (χ0v) is 7.80. The molecular formula is C7H9F7O. The Labute approximate surface area is 80.9 Å². The zero-order valence-electron chi connectivity index (χ0n) is 7.80. The number of aliphatic hydroxyl groups is 1. The van der Waals surface area contributed by atoms with Crippen molar-refractivity contribution in [1.29, 1.82) is 0 Å². The maximum atomic E-state index is 12.6. The van der Waals surface area contributed by atoms with E-state index in [0.29, 0.717) is 13.8 Å². The quantitative estimate of drug-likeness (QED) is 0.754. The first-order valence-electron chi connectivity index (χ1n) is 3.75. The van der Waals surface area contributed by atoms with Crippen molar-refractivity contribution < 1.29 is 35.8 Å². The predicted octanol–water partition coefficient (Wildman–Crippen LogP) is 2.98. The van der Waals surface area contributed by atoms with Gasteiger partial charge in [0.25, 0.3) is 0 Å². The molecule has 0 radical (unpaired) electrons. The van der Waals surface area contributed by atoms with Crippen LogP contribution in [0.25, 0.3) is 0 Å². The first kappa shape index (κ1) is 14.5. The Morgan fingerprint density at radius 3 is 1.40 bits per heavy atom. The monoisotopic (exact) mass is 242 g/mol. The van der Waals surface area contributed by atoms with E-state index in [0.717, 1.165) is 0 Å². The highest BCUT2D eigenvalue weighted by Crippen LogP contribution is 2.49. The molecule has 0 bridgehead atoms. The van der Waals surface area contributed by atoms with Crippen molar-refractivity contribution in [3.8, 4) is 0 Å². The van der Waals surface area contributed by atoms with E-state index in [1.54, 1.807) is 0 Å². The topological polar surface area (TPSA) is 20.2 Å². The van der Waals surface area contributed by atoms with Gasteiger partial charge in [0.15, 0.2) is 0 Å². The summed E-state index contributed by atoms with van der Waals surface area (Å²) in [6, 6.07) is 0. The van der Waals surface area contributed by atoms with E-state index < -0.39 is 30.0 Å². The van der Waals surface area contributed by atoms with Crippen molar-refractivity contribution in [1.82, 2.24) is 0 Å². The fraction of sp³-hybridized carbons (Fsp3) is 1.00. The van der Waals surface area contributed by atoms with Crippen molar-refractivity contribution in [2.45, 2.75) is 43.9 Å². The molecule has 0 aliphatic rings. The third-order valence-corrected chi connectivity index (χ3v) is 1.47. The van der Waals surface area contributed by atoms with Crippen LogP contribution in [0.1, 0.15) is 20.3 Å². The van der Waals surface area contributed by atoms with Crippen molar-refractivity contribution >= 4 is 0 Å². The van der Waals surface area contributed by atoms with Crippen LogP contribution in [0.2, 0.25) is 0 Å². The molecule has 0 unspecified atom stereocenters. The molecule has 0 aromatic carbocycles. The molecule has 0 saturated carbocycles. The molecule has 0 aromatic heterocycles. The Bertz CT molecular complexity index is 224. The van der Waals surface area contributed by atoms with Crippen LogP contribution in [-0.2, 0) is 0 Å². The smallest absolute Gasteiger partial charge is 0.390 e. The van der Waals surface area contributed by atoms with E-state index >= 15 is 0 Å². The molecular weight excluding hydrogens is 233 g/mol. The van der Waals surface area contributed by atoms with Crippen LogP contribution in [0.3, 0.4) is 0 Å². The van der Waals surface area contributed by atoms with Gasteiger partial charge in [-0.05, 0) is 13.8 Å². The Morgan fingerprint density at radius 1 is 0.867 bits per heavy atom. The van der Waals surface area contributed by atoms with Crippen LogP contribution in [0.4, 0.5) is 30.7 Å². The van der Waals surface area contributed by atoms with Gasteiger partial charge in [-0.25, -0.2) is 0 Å². The van der Waals surface area contributed by atoms with E-state index in [9.17, 15) is 30.7 Å². The predicted molar refractivity (Wildman–Crippen MR) is 36.9 cm³/mol. The van der Waals surface area contributed by atoms with E-state index in [1.165, 1.54) is 0 Å². The third-order valence-electron chi connectivity index (χ3n) is 1.47. The normalized spacial score (nSPS) is 15.6. The Kier molecular flexibility index (Phi) is 3.37. The summed E-state index contributed by atoms with van der Waals surface area (Å²) in [7, 11) is 0. The zero-order chi connectivity index (χ0) is 12.7. The van der Waals surface area contributed by atoms with E-state index in [-0.39, 0.29) is 0 Å². The summed E-state index contributed by atoms with van der Waals surface area (Å²) < 4.78 is 84.4. The van der Waals surface area contributed by atoms with Crippen LogP contribution in [-0.4, -0.2) is 28.7 Å². The van der Waals surface area contributed by atoms with Gasteiger partial charge in [0.1, 0.15) is 0 Å². The van der Waals surface area contributed by atoms with Crippen LogP contribution in [0.5, 0.6) is 0 Å². The van der Waals surface area contributed by atoms with Crippen LogP contribution in [0, 0.1) is 0 Å². The van der Waals surface area contributed by atoms with Gasteiger partial charge in [-0.2, -0.15) is 30.7 Å². The number of alkyl halides is 7. The lowest BCUT2D eigenvalue weighted by molar-refractivity contribution is -0.360. The van der Waals surface area contributed by atoms with Gasteiger partial charge in [-0.1, -0.05) is 0 Å². The third kappa shape index (κ3) is 3.22. The molecule has 1 nitrogen and oxygen atoms in total. The molecule has 0 aliphatic heterocycles. The molecule has 0 aliphatic carbocycles. The van der Waals surface area contributed by atoms with E-state index in [2.05, 4.69) is 0 Å². The van der Waals surface area contributed by atoms with Gasteiger partial charge in [0.05, 0.1) is 5.60 Å². The lowest BCUT2D eigenvalue weighted by Crippen LogP contribution is -2.54. The second-order valence-corrected chi connectivity index (χ2v) is 3.77. The summed E-state index contributed by atoms with van der Waals surface area (Å²) in [6.45, 7) is 1.43. The van der Waals surface area contributed by atoms with Crippen LogP contribution in [0.15, 0.2) is 0 Å². The van der Waals surface area contributed by atoms with Crippen LogP contribution >= 0.6 is 0 Å². The number of halogens is 7. The minimum atomic E-state index is -6.35. The van der Waals surface area contributed by atoms with Gasteiger partial charge in [0, 0.05) is 6.42 Å². The molecule has 92 valence electrons. The highest BCUT2D eigenvalue weighted by molar-refractivity contribution is 4.94. The lowest BCUT2D eigenvalue weighted by Gasteiger charge is -2.31. The molecule has 8 heteroatoms. The second-order valence-electron chi connectivity index (χ2n) is 3.77. The molecule has 0 heterocycles. The molecule has 0 saturated heterocycles. The van der Waals surface area contributed by atoms with Crippen molar-refractivity contribution in [2.75, 3.05) is 0 Å². The average Bonchev–Trinajstić information content (AvgIpc) is 1.77. The van der Waals surface area contributed by atoms with Gasteiger partial charge in [-0.3, -0.25) is 0 Å².